The molecule has 0 radical (unpaired) electrons. The minimum atomic E-state index is -3.13. The van der Waals surface area contributed by atoms with Crippen molar-refractivity contribution < 1.29 is 18.9 Å². The average Bonchev–Trinajstić information content (AvgIpc) is 3.16. The first-order valence-corrected chi connectivity index (χ1v) is 13.2. The Morgan fingerprint density at radius 3 is 2.50 bits per heavy atom. The molecule has 1 aliphatic rings. The molecule has 1 unspecified atom stereocenters. The molecule has 2 rings (SSSR count). The summed E-state index contributed by atoms with van der Waals surface area (Å²) in [7, 11) is -3.13. The largest absolute Gasteiger partial charge is 0.374 e. The lowest BCUT2D eigenvalue weighted by Crippen LogP contribution is -2.40. The molecule has 1 aliphatic heterocycles. The van der Waals surface area contributed by atoms with E-state index in [1.165, 1.54) is 10.8 Å². The van der Waals surface area contributed by atoms with E-state index in [-0.39, 0.29) is 44.3 Å². The summed E-state index contributed by atoms with van der Waals surface area (Å²) < 4.78 is 21.3. The zero-order valence-electron chi connectivity index (χ0n) is 20.4. The van der Waals surface area contributed by atoms with Crippen molar-refractivity contribution in [2.24, 2.45) is 0 Å². The van der Waals surface area contributed by atoms with E-state index in [0.717, 1.165) is 0 Å². The number of nitriles is 2. The maximum absolute atomic E-state index is 12.4. The number of ether oxygens (including phenoxy) is 2. The first kappa shape index (κ1) is 28.1. The third-order valence-electron chi connectivity index (χ3n) is 5.56. The van der Waals surface area contributed by atoms with Crippen molar-refractivity contribution in [3.8, 4) is 12.1 Å². The normalized spacial score (nSPS) is 22.1. The Morgan fingerprint density at radius 1 is 1.26 bits per heavy atom. The van der Waals surface area contributed by atoms with E-state index in [9.17, 15) is 14.5 Å². The van der Waals surface area contributed by atoms with Crippen molar-refractivity contribution in [2.45, 2.75) is 84.4 Å². The third-order valence-corrected chi connectivity index (χ3v) is 8.58. The minimum Gasteiger partial charge on any atom is -0.374 e. The topological polar surface area (TPSA) is 154 Å². The van der Waals surface area contributed by atoms with Gasteiger partial charge in [-0.2, -0.15) is 15.0 Å². The summed E-state index contributed by atoms with van der Waals surface area (Å²) in [4.78, 5) is 37.9. The van der Waals surface area contributed by atoms with Gasteiger partial charge in [-0.3, -0.25) is 14.3 Å². The van der Waals surface area contributed by atoms with Crippen LogP contribution in [0.1, 0.15) is 58.7 Å². The van der Waals surface area contributed by atoms with E-state index in [1.807, 2.05) is 38.4 Å². The molecule has 1 aromatic rings. The van der Waals surface area contributed by atoms with Crippen LogP contribution in [-0.4, -0.2) is 62.8 Å². The summed E-state index contributed by atoms with van der Waals surface area (Å²) in [6.07, 6.45) is 0.443. The molecule has 188 valence electrons. The van der Waals surface area contributed by atoms with E-state index < -0.39 is 37.6 Å². The lowest BCUT2D eigenvalue weighted by molar-refractivity contribution is -0.0594. The molecule has 1 saturated heterocycles. The van der Waals surface area contributed by atoms with Gasteiger partial charge in [0.15, 0.2) is 0 Å². The van der Waals surface area contributed by atoms with Crippen LogP contribution in [0, 0.1) is 29.6 Å². The SMILES string of the molecule is Cc1cn([C@H]2C[C@H](OCCC#N)[C@@H](CO[P+](O)(CCC#N)N(C(C)C)C(C)C)O2)c(=O)[nH]c1=O. The smallest absolute Gasteiger partial charge is 0.346 e. The number of aromatic nitrogens is 2. The van der Waals surface area contributed by atoms with Crippen LogP contribution >= 0.6 is 7.87 Å². The third kappa shape index (κ3) is 6.96. The molecule has 0 bridgehead atoms. The fraction of sp³-hybridized carbons (Fsp3) is 0.727. The molecule has 0 spiro atoms. The van der Waals surface area contributed by atoms with Crippen molar-refractivity contribution in [2.75, 3.05) is 19.4 Å². The van der Waals surface area contributed by atoms with Crippen LogP contribution < -0.4 is 11.2 Å². The van der Waals surface area contributed by atoms with Crippen LogP contribution in [0.4, 0.5) is 0 Å². The maximum atomic E-state index is 12.4. The summed E-state index contributed by atoms with van der Waals surface area (Å²) >= 11 is 0. The van der Waals surface area contributed by atoms with Gasteiger partial charge in [0.05, 0.1) is 37.7 Å². The Labute approximate surface area is 200 Å². The summed E-state index contributed by atoms with van der Waals surface area (Å²) in [5.41, 5.74) is -0.691. The molecule has 0 aromatic carbocycles. The number of aryl methyl sites for hydroxylation is 1. The van der Waals surface area contributed by atoms with Crippen LogP contribution in [0.3, 0.4) is 0 Å². The Morgan fingerprint density at radius 2 is 1.91 bits per heavy atom. The van der Waals surface area contributed by atoms with Crippen molar-refractivity contribution in [1.82, 2.24) is 14.2 Å². The second-order valence-electron chi connectivity index (χ2n) is 8.82. The number of rotatable bonds is 12. The average molecular weight is 497 g/mol. The monoisotopic (exact) mass is 496 g/mol. The van der Waals surface area contributed by atoms with Gasteiger partial charge in [-0.15, -0.1) is 4.67 Å². The molecule has 0 amide bonds. The van der Waals surface area contributed by atoms with Crippen molar-refractivity contribution >= 4 is 7.87 Å². The van der Waals surface area contributed by atoms with Crippen molar-refractivity contribution in [1.29, 1.82) is 10.5 Å². The van der Waals surface area contributed by atoms with E-state index in [4.69, 9.17) is 24.5 Å². The molecule has 34 heavy (non-hydrogen) atoms. The summed E-state index contributed by atoms with van der Waals surface area (Å²) in [5.74, 6) is 0. The molecule has 11 nitrogen and oxygen atoms in total. The van der Waals surface area contributed by atoms with Crippen LogP contribution in [0.5, 0.6) is 0 Å². The second kappa shape index (κ2) is 12.6. The van der Waals surface area contributed by atoms with E-state index in [2.05, 4.69) is 11.1 Å². The first-order chi connectivity index (χ1) is 16.0. The van der Waals surface area contributed by atoms with E-state index >= 15 is 0 Å². The molecule has 0 aliphatic carbocycles. The number of hydrogen-bond donors (Lipinski definition) is 2. The van der Waals surface area contributed by atoms with Gasteiger partial charge >= 0.3 is 13.6 Å². The van der Waals surface area contributed by atoms with Crippen molar-refractivity contribution in [3.63, 3.8) is 0 Å². The lowest BCUT2D eigenvalue weighted by Gasteiger charge is -2.35. The maximum Gasteiger partial charge on any atom is 0.346 e. The Bertz CT molecular complexity index is 1000. The molecular weight excluding hydrogens is 461 g/mol. The molecule has 2 N–H and O–H groups in total. The van der Waals surface area contributed by atoms with Crippen LogP contribution in [-0.2, 0) is 14.0 Å². The number of nitrogens with zero attached hydrogens (tertiary/aromatic N) is 4. The molecule has 1 fully saturated rings. The summed E-state index contributed by atoms with van der Waals surface area (Å²) in [5, 5.41) is 18.0. The zero-order chi connectivity index (χ0) is 25.5. The van der Waals surface area contributed by atoms with Gasteiger partial charge in [0.2, 0.25) is 0 Å². The molecule has 1 aromatic heterocycles. The van der Waals surface area contributed by atoms with Gasteiger partial charge in [0.1, 0.15) is 25.1 Å². The first-order valence-electron chi connectivity index (χ1n) is 11.4. The van der Waals surface area contributed by atoms with Gasteiger partial charge in [0, 0.05) is 30.3 Å². The molecule has 2 heterocycles. The molecule has 0 saturated carbocycles. The predicted molar refractivity (Wildman–Crippen MR) is 127 cm³/mol. The van der Waals surface area contributed by atoms with E-state index in [0.29, 0.717) is 12.0 Å². The van der Waals surface area contributed by atoms with Crippen LogP contribution in [0.15, 0.2) is 15.8 Å². The van der Waals surface area contributed by atoms with Gasteiger partial charge < -0.3 is 9.47 Å². The second-order valence-corrected chi connectivity index (χ2v) is 11.3. The van der Waals surface area contributed by atoms with Gasteiger partial charge in [0.25, 0.3) is 5.56 Å². The van der Waals surface area contributed by atoms with Crippen molar-refractivity contribution in [3.05, 3.63) is 32.6 Å². The molecular formula is C22H35N5O6P+. The summed E-state index contributed by atoms with van der Waals surface area (Å²) in [6.45, 7) is 9.60. The highest BCUT2D eigenvalue weighted by Gasteiger charge is 2.50. The highest BCUT2D eigenvalue weighted by atomic mass is 31.2. The fourth-order valence-corrected chi connectivity index (χ4v) is 6.92. The Hall–Kier alpha value is -2.11. The number of nitrogens with one attached hydrogen (secondary N) is 1. The fourth-order valence-electron chi connectivity index (χ4n) is 4.21. The number of hydrogen-bond acceptors (Lipinski definition) is 9. The zero-order valence-corrected chi connectivity index (χ0v) is 21.3. The number of aromatic amines is 1. The van der Waals surface area contributed by atoms with Gasteiger partial charge in [-0.1, -0.05) is 0 Å². The van der Waals surface area contributed by atoms with Gasteiger partial charge in [-0.25, -0.2) is 9.69 Å². The lowest BCUT2D eigenvalue weighted by atomic mass is 10.2. The highest BCUT2D eigenvalue weighted by Crippen LogP contribution is 2.61. The van der Waals surface area contributed by atoms with Crippen LogP contribution in [0.2, 0.25) is 0 Å². The van der Waals surface area contributed by atoms with E-state index in [1.54, 1.807) is 6.92 Å². The Kier molecular flexibility index (Phi) is 10.4. The van der Waals surface area contributed by atoms with Gasteiger partial charge in [-0.05, 0) is 34.6 Å². The minimum absolute atomic E-state index is 0.0142. The standard InChI is InChI=1S/C22H34N5O6P/c1-15(2)27(16(3)4)34(30,11-7-9-24)32-14-19-18(31-10-6-8-23)12-20(33-19)26-13-17(5)21(28)25-22(26)29/h13,15-16,18-20,30H,6-7,10-12,14H2,1-5H3/p+1/t18-,19+,20+,34?/m0/s1. The highest BCUT2D eigenvalue weighted by molar-refractivity contribution is 7.63. The Balaban J connectivity index is 2.27. The summed E-state index contributed by atoms with van der Waals surface area (Å²) in [6, 6.07) is 4.08. The van der Waals surface area contributed by atoms with Crippen LogP contribution in [0.25, 0.3) is 0 Å². The molecule has 12 heteroatoms. The number of H-pyrrole nitrogens is 1. The molecule has 4 atom stereocenters. The predicted octanol–water partition coefficient (Wildman–Crippen LogP) is 2.24. The quantitative estimate of drug-likeness (QED) is 0.327.